The fraction of sp³-hybridized carbons (Fsp3) is 0.571. The van der Waals surface area contributed by atoms with Crippen LogP contribution in [-0.2, 0) is 0 Å². The van der Waals surface area contributed by atoms with Gasteiger partial charge in [-0.15, -0.1) is 0 Å². The van der Waals surface area contributed by atoms with Crippen molar-refractivity contribution in [3.63, 3.8) is 0 Å². The lowest BCUT2D eigenvalue weighted by atomic mass is 10.1. The first-order valence-electron chi connectivity index (χ1n) is 9.66. The van der Waals surface area contributed by atoms with Crippen LogP contribution < -0.4 is 16.1 Å². The summed E-state index contributed by atoms with van der Waals surface area (Å²) >= 11 is 0. The molecule has 2 rings (SSSR count). The molecule has 1 heterocycles. The minimum Gasteiger partial charge on any atom is -0.493 e. The number of ether oxygens (including phenoxy) is 1. The fourth-order valence-electron chi connectivity index (χ4n) is 2.98. The predicted octanol–water partition coefficient (Wildman–Crippen LogP) is 5.03. The van der Waals surface area contributed by atoms with Crippen LogP contribution in [0, 0.1) is 0 Å². The topological polar surface area (TPSA) is 65.5 Å². The first-order valence-corrected chi connectivity index (χ1v) is 9.66. The van der Waals surface area contributed by atoms with Crippen LogP contribution in [0.15, 0.2) is 39.5 Å². The molecule has 0 atom stereocenters. The zero-order valence-electron chi connectivity index (χ0n) is 15.2. The van der Waals surface area contributed by atoms with Gasteiger partial charge in [-0.1, -0.05) is 51.4 Å². The lowest BCUT2D eigenvalue weighted by Gasteiger charge is -2.07. The monoisotopic (exact) mass is 345 g/mol. The summed E-state index contributed by atoms with van der Waals surface area (Å²) in [4.78, 5) is 11.3. The maximum atomic E-state index is 11.3. The quantitative estimate of drug-likeness (QED) is 0.408. The first kappa shape index (κ1) is 19.5. The Hall–Kier alpha value is -1.81. The molecule has 0 saturated carbocycles. The zero-order valence-corrected chi connectivity index (χ0v) is 15.2. The second kappa shape index (κ2) is 11.7. The zero-order chi connectivity index (χ0) is 17.7. The molecule has 0 aliphatic heterocycles. The Kier molecular flexibility index (Phi) is 9.13. The summed E-state index contributed by atoms with van der Waals surface area (Å²) in [6, 6.07) is 8.84. The van der Waals surface area contributed by atoms with Crippen molar-refractivity contribution >= 4 is 11.0 Å². The summed E-state index contributed by atoms with van der Waals surface area (Å²) in [5, 5.41) is 0.912. The number of fused-ring (bicyclic) bond motifs is 1. The van der Waals surface area contributed by atoms with Crippen LogP contribution in [0.2, 0.25) is 0 Å². The Bertz CT molecular complexity index is 665. The van der Waals surface area contributed by atoms with Crippen molar-refractivity contribution in [2.24, 2.45) is 5.73 Å². The number of hydrogen-bond donors (Lipinski definition) is 1. The Balaban J connectivity index is 1.51. The molecule has 4 nitrogen and oxygen atoms in total. The van der Waals surface area contributed by atoms with E-state index in [2.05, 4.69) is 0 Å². The Morgan fingerprint density at radius 2 is 1.40 bits per heavy atom. The van der Waals surface area contributed by atoms with Gasteiger partial charge in [0.2, 0.25) is 0 Å². The third-order valence-corrected chi connectivity index (χ3v) is 4.46. The lowest BCUT2D eigenvalue weighted by Crippen LogP contribution is -1.98. The van der Waals surface area contributed by atoms with Crippen LogP contribution in [0.3, 0.4) is 0 Å². The molecule has 1 aromatic carbocycles. The number of hydrogen-bond acceptors (Lipinski definition) is 4. The summed E-state index contributed by atoms with van der Waals surface area (Å²) in [6.45, 7) is 1.54. The van der Waals surface area contributed by atoms with Crippen LogP contribution >= 0.6 is 0 Å². The largest absolute Gasteiger partial charge is 0.493 e. The molecular formula is C21H31NO3. The molecular weight excluding hydrogens is 314 g/mol. The third kappa shape index (κ3) is 7.74. The smallest absolute Gasteiger partial charge is 0.336 e. The van der Waals surface area contributed by atoms with Gasteiger partial charge in [-0.2, -0.15) is 0 Å². The number of unbranched alkanes of at least 4 members (excludes halogenated alkanes) is 9. The van der Waals surface area contributed by atoms with Crippen molar-refractivity contribution in [1.82, 2.24) is 0 Å². The summed E-state index contributed by atoms with van der Waals surface area (Å²) in [7, 11) is 0. The molecule has 0 bridgehead atoms. The van der Waals surface area contributed by atoms with E-state index in [4.69, 9.17) is 14.9 Å². The van der Waals surface area contributed by atoms with E-state index in [-0.39, 0.29) is 5.63 Å². The van der Waals surface area contributed by atoms with Crippen LogP contribution in [-0.4, -0.2) is 13.2 Å². The Labute approximate surface area is 150 Å². The fourth-order valence-corrected chi connectivity index (χ4v) is 2.98. The molecule has 4 heteroatoms. The highest BCUT2D eigenvalue weighted by atomic mass is 16.5. The number of benzene rings is 1. The van der Waals surface area contributed by atoms with Crippen molar-refractivity contribution in [2.45, 2.75) is 64.2 Å². The minimum absolute atomic E-state index is 0.330. The Morgan fingerprint density at radius 3 is 2.08 bits per heavy atom. The molecule has 0 unspecified atom stereocenters. The van der Waals surface area contributed by atoms with E-state index in [0.29, 0.717) is 12.2 Å². The van der Waals surface area contributed by atoms with Crippen molar-refractivity contribution in [2.75, 3.05) is 13.2 Å². The molecule has 0 radical (unpaired) electrons. The van der Waals surface area contributed by atoms with Crippen LogP contribution in [0.25, 0.3) is 11.0 Å². The molecule has 2 N–H and O–H groups in total. The van der Waals surface area contributed by atoms with Gasteiger partial charge in [0.15, 0.2) is 0 Å². The maximum Gasteiger partial charge on any atom is 0.336 e. The summed E-state index contributed by atoms with van der Waals surface area (Å²) in [5.41, 5.74) is 5.74. The van der Waals surface area contributed by atoms with Gasteiger partial charge in [0, 0.05) is 17.5 Å². The van der Waals surface area contributed by atoms with Gasteiger partial charge in [-0.25, -0.2) is 4.79 Å². The molecule has 0 spiro atoms. The van der Waals surface area contributed by atoms with Gasteiger partial charge in [0.25, 0.3) is 0 Å². The summed E-state index contributed by atoms with van der Waals surface area (Å²) in [5.74, 6) is 0.763. The molecule has 25 heavy (non-hydrogen) atoms. The molecule has 0 aliphatic carbocycles. The summed E-state index contributed by atoms with van der Waals surface area (Å²) in [6.07, 6.45) is 12.7. The maximum absolute atomic E-state index is 11.3. The highest BCUT2D eigenvalue weighted by Crippen LogP contribution is 2.20. The normalized spacial score (nSPS) is 11.1. The number of rotatable bonds is 13. The van der Waals surface area contributed by atoms with Gasteiger partial charge >= 0.3 is 5.63 Å². The lowest BCUT2D eigenvalue weighted by molar-refractivity contribution is 0.304. The second-order valence-electron chi connectivity index (χ2n) is 6.63. The van der Waals surface area contributed by atoms with E-state index in [1.807, 2.05) is 12.1 Å². The van der Waals surface area contributed by atoms with Crippen LogP contribution in [0.5, 0.6) is 5.75 Å². The highest BCUT2D eigenvalue weighted by Gasteiger charge is 2.00. The van der Waals surface area contributed by atoms with Gasteiger partial charge in [0.1, 0.15) is 11.3 Å². The van der Waals surface area contributed by atoms with E-state index in [0.717, 1.165) is 24.1 Å². The van der Waals surface area contributed by atoms with Crippen LogP contribution in [0.4, 0.5) is 0 Å². The van der Waals surface area contributed by atoms with Crippen LogP contribution in [0.1, 0.15) is 64.2 Å². The predicted molar refractivity (Wildman–Crippen MR) is 103 cm³/mol. The van der Waals surface area contributed by atoms with E-state index >= 15 is 0 Å². The Morgan fingerprint density at radius 1 is 0.800 bits per heavy atom. The van der Waals surface area contributed by atoms with Gasteiger partial charge < -0.3 is 14.9 Å². The average Bonchev–Trinajstić information content (AvgIpc) is 2.62. The van der Waals surface area contributed by atoms with E-state index in [1.165, 1.54) is 63.9 Å². The van der Waals surface area contributed by atoms with Gasteiger partial charge in [0.05, 0.1) is 6.61 Å². The van der Waals surface area contributed by atoms with Gasteiger partial charge in [-0.3, -0.25) is 0 Å². The minimum atomic E-state index is -0.330. The van der Waals surface area contributed by atoms with Gasteiger partial charge in [-0.05, 0) is 37.6 Å². The van der Waals surface area contributed by atoms with E-state index in [1.54, 1.807) is 12.1 Å². The average molecular weight is 345 g/mol. The molecule has 2 aromatic rings. The van der Waals surface area contributed by atoms with Crippen molar-refractivity contribution in [3.05, 3.63) is 40.8 Å². The van der Waals surface area contributed by atoms with Crippen molar-refractivity contribution in [3.8, 4) is 5.75 Å². The van der Waals surface area contributed by atoms with Crippen molar-refractivity contribution < 1.29 is 9.15 Å². The first-order chi connectivity index (χ1) is 12.3. The molecule has 0 saturated heterocycles. The molecule has 1 aromatic heterocycles. The SMILES string of the molecule is NCCCCCCCCCCCCOc1ccc2ccc(=O)oc2c1. The molecule has 0 amide bonds. The second-order valence-corrected chi connectivity index (χ2v) is 6.63. The highest BCUT2D eigenvalue weighted by molar-refractivity contribution is 5.77. The molecule has 0 fully saturated rings. The molecule has 0 aliphatic rings. The summed E-state index contributed by atoms with van der Waals surface area (Å²) < 4.78 is 10.9. The standard InChI is InChI=1S/C21H31NO3/c22-15-9-7-5-3-1-2-4-6-8-10-16-24-19-13-11-18-12-14-21(23)25-20(18)17-19/h11-14,17H,1-10,15-16,22H2. The molecule has 138 valence electrons. The van der Waals surface area contributed by atoms with E-state index < -0.39 is 0 Å². The van der Waals surface area contributed by atoms with Crippen molar-refractivity contribution in [1.29, 1.82) is 0 Å². The number of nitrogens with two attached hydrogens (primary N) is 1. The van der Waals surface area contributed by atoms with E-state index in [9.17, 15) is 4.79 Å². The third-order valence-electron chi connectivity index (χ3n) is 4.46.